The number of aromatic amines is 2. The first-order chi connectivity index (χ1) is 16.8. The maximum Gasteiger partial charge on any atom is 0.137 e. The Hall–Kier alpha value is -3.78. The van der Waals surface area contributed by atoms with Crippen LogP contribution >= 0.6 is 0 Å². The van der Waals surface area contributed by atoms with Crippen molar-refractivity contribution < 1.29 is 0 Å². The van der Waals surface area contributed by atoms with E-state index in [0.717, 1.165) is 82.0 Å². The molecule has 1 aliphatic heterocycles. The standard InChI is InChI=1S/C26H28N8/c1-2-27-13-17-10-18(15-28-14-17)22-11-19-24(16-30-22)32-33-25(19)23-12-20-21(31-23)6-7-29-26(20)34-8-4-3-5-9-34/h6-7,10-12,14-16,27,31H,2-5,8-9,13H2,1H3,(H,32,33). The minimum Gasteiger partial charge on any atom is -0.356 e. The number of hydrogen-bond donors (Lipinski definition) is 3. The van der Waals surface area contributed by atoms with Gasteiger partial charge < -0.3 is 15.2 Å². The van der Waals surface area contributed by atoms with Crippen molar-refractivity contribution >= 4 is 27.6 Å². The third-order valence-corrected chi connectivity index (χ3v) is 6.55. The van der Waals surface area contributed by atoms with Crippen molar-refractivity contribution in [3.8, 4) is 22.6 Å². The molecule has 6 heterocycles. The van der Waals surface area contributed by atoms with Crippen LogP contribution in [0.4, 0.5) is 5.82 Å². The van der Waals surface area contributed by atoms with Crippen LogP contribution in [0.5, 0.6) is 0 Å². The van der Waals surface area contributed by atoms with Crippen LogP contribution in [0.1, 0.15) is 31.7 Å². The number of rotatable bonds is 6. The van der Waals surface area contributed by atoms with Crippen LogP contribution in [-0.2, 0) is 6.54 Å². The van der Waals surface area contributed by atoms with Gasteiger partial charge in [0.25, 0.3) is 0 Å². The second-order valence-corrected chi connectivity index (χ2v) is 8.88. The number of anilines is 1. The highest BCUT2D eigenvalue weighted by Crippen LogP contribution is 2.34. The monoisotopic (exact) mass is 452 g/mol. The Balaban J connectivity index is 1.40. The largest absolute Gasteiger partial charge is 0.356 e. The third kappa shape index (κ3) is 3.80. The molecule has 5 aromatic heterocycles. The molecular formula is C26H28N8. The van der Waals surface area contributed by atoms with Crippen molar-refractivity contribution in [2.75, 3.05) is 24.5 Å². The highest BCUT2D eigenvalue weighted by Gasteiger charge is 2.18. The molecule has 0 unspecified atom stereocenters. The lowest BCUT2D eigenvalue weighted by atomic mass is 10.1. The number of aromatic nitrogens is 6. The van der Waals surface area contributed by atoms with Crippen molar-refractivity contribution in [1.82, 2.24) is 35.5 Å². The van der Waals surface area contributed by atoms with Gasteiger partial charge in [0.15, 0.2) is 0 Å². The molecule has 0 aliphatic carbocycles. The summed E-state index contributed by atoms with van der Waals surface area (Å²) in [7, 11) is 0. The van der Waals surface area contributed by atoms with Gasteiger partial charge in [-0.3, -0.25) is 15.1 Å². The van der Waals surface area contributed by atoms with Crippen molar-refractivity contribution in [2.24, 2.45) is 0 Å². The zero-order chi connectivity index (χ0) is 22.9. The van der Waals surface area contributed by atoms with Gasteiger partial charge in [-0.15, -0.1) is 0 Å². The molecule has 0 spiro atoms. The highest BCUT2D eigenvalue weighted by atomic mass is 15.2. The summed E-state index contributed by atoms with van der Waals surface area (Å²) < 4.78 is 0. The molecule has 1 aliphatic rings. The Morgan fingerprint density at radius 1 is 0.971 bits per heavy atom. The number of nitrogens with zero attached hydrogens (tertiary/aromatic N) is 5. The van der Waals surface area contributed by atoms with Crippen LogP contribution in [-0.4, -0.2) is 49.8 Å². The molecular weight excluding hydrogens is 424 g/mol. The lowest BCUT2D eigenvalue weighted by Gasteiger charge is -2.28. The molecule has 5 aromatic rings. The molecule has 6 rings (SSSR count). The van der Waals surface area contributed by atoms with E-state index in [1.54, 1.807) is 0 Å². The molecule has 0 amide bonds. The van der Waals surface area contributed by atoms with E-state index in [0.29, 0.717) is 0 Å². The Bertz CT molecular complexity index is 1440. The van der Waals surface area contributed by atoms with Crippen LogP contribution in [0.25, 0.3) is 44.5 Å². The molecule has 1 saturated heterocycles. The molecule has 3 N–H and O–H groups in total. The number of nitrogens with one attached hydrogen (secondary N) is 3. The van der Waals surface area contributed by atoms with Crippen molar-refractivity contribution in [3.63, 3.8) is 0 Å². The van der Waals surface area contributed by atoms with E-state index in [4.69, 9.17) is 4.98 Å². The Morgan fingerprint density at radius 2 is 1.88 bits per heavy atom. The molecule has 0 bridgehead atoms. The summed E-state index contributed by atoms with van der Waals surface area (Å²) in [5.74, 6) is 1.06. The van der Waals surface area contributed by atoms with Crippen LogP contribution < -0.4 is 10.2 Å². The molecule has 0 aromatic carbocycles. The summed E-state index contributed by atoms with van der Waals surface area (Å²) in [6, 6.07) is 8.46. The molecule has 0 radical (unpaired) electrons. The molecule has 8 nitrogen and oxygen atoms in total. The highest BCUT2D eigenvalue weighted by molar-refractivity contribution is 5.99. The van der Waals surface area contributed by atoms with Crippen molar-refractivity contribution in [1.29, 1.82) is 0 Å². The van der Waals surface area contributed by atoms with E-state index in [-0.39, 0.29) is 0 Å². The predicted molar refractivity (Wildman–Crippen MR) is 136 cm³/mol. The Labute approximate surface area is 197 Å². The second-order valence-electron chi connectivity index (χ2n) is 8.88. The summed E-state index contributed by atoms with van der Waals surface area (Å²) in [5.41, 5.74) is 6.87. The Kier molecular flexibility index (Phi) is 5.43. The predicted octanol–water partition coefficient (Wildman–Crippen LogP) is 4.66. The first-order valence-corrected chi connectivity index (χ1v) is 12.0. The molecule has 1 fully saturated rings. The molecule has 34 heavy (non-hydrogen) atoms. The topological polar surface area (TPSA) is 98.4 Å². The lowest BCUT2D eigenvalue weighted by Crippen LogP contribution is -2.30. The van der Waals surface area contributed by atoms with Crippen molar-refractivity contribution in [2.45, 2.75) is 32.7 Å². The SMILES string of the molecule is CCNCc1cncc(-c2cc3c(-c4cc5c(N6CCCCC6)nccc5[nH]4)n[nH]c3cn2)c1. The van der Waals surface area contributed by atoms with E-state index >= 15 is 0 Å². The average molecular weight is 453 g/mol. The van der Waals surface area contributed by atoms with Gasteiger partial charge in [0.2, 0.25) is 0 Å². The second kappa shape index (κ2) is 8.87. The third-order valence-electron chi connectivity index (χ3n) is 6.55. The fourth-order valence-electron chi connectivity index (χ4n) is 4.80. The lowest BCUT2D eigenvalue weighted by molar-refractivity contribution is 0.575. The molecule has 172 valence electrons. The normalized spacial score (nSPS) is 14.3. The molecule has 0 atom stereocenters. The first kappa shape index (κ1) is 20.8. The minimum absolute atomic E-state index is 0.791. The van der Waals surface area contributed by atoms with Crippen LogP contribution in [0, 0.1) is 0 Å². The van der Waals surface area contributed by atoms with Gasteiger partial charge in [-0.2, -0.15) is 5.10 Å². The van der Waals surface area contributed by atoms with Crippen LogP contribution in [0.2, 0.25) is 0 Å². The van der Waals surface area contributed by atoms with E-state index in [1.807, 2.05) is 30.9 Å². The van der Waals surface area contributed by atoms with E-state index < -0.39 is 0 Å². The smallest absolute Gasteiger partial charge is 0.137 e. The van der Waals surface area contributed by atoms with Gasteiger partial charge in [0.05, 0.1) is 28.6 Å². The first-order valence-electron chi connectivity index (χ1n) is 12.0. The number of piperidine rings is 1. The summed E-state index contributed by atoms with van der Waals surface area (Å²) in [6.45, 7) is 5.94. The summed E-state index contributed by atoms with van der Waals surface area (Å²) >= 11 is 0. The zero-order valence-corrected chi connectivity index (χ0v) is 19.3. The maximum absolute atomic E-state index is 4.73. The number of pyridine rings is 3. The summed E-state index contributed by atoms with van der Waals surface area (Å²) in [5, 5.41) is 13.3. The van der Waals surface area contributed by atoms with Gasteiger partial charge in [0.1, 0.15) is 11.5 Å². The molecule has 8 heteroatoms. The summed E-state index contributed by atoms with van der Waals surface area (Å²) in [4.78, 5) is 19.8. The molecule has 0 saturated carbocycles. The minimum atomic E-state index is 0.791. The van der Waals surface area contributed by atoms with Gasteiger partial charge in [-0.1, -0.05) is 6.92 Å². The van der Waals surface area contributed by atoms with Gasteiger partial charge in [0, 0.05) is 54.6 Å². The Morgan fingerprint density at radius 3 is 2.76 bits per heavy atom. The maximum atomic E-state index is 4.73. The van der Waals surface area contributed by atoms with E-state index in [2.05, 4.69) is 60.5 Å². The number of fused-ring (bicyclic) bond motifs is 2. The van der Waals surface area contributed by atoms with E-state index in [1.165, 1.54) is 19.3 Å². The fourth-order valence-corrected chi connectivity index (χ4v) is 4.80. The zero-order valence-electron chi connectivity index (χ0n) is 19.3. The van der Waals surface area contributed by atoms with Gasteiger partial charge in [-0.25, -0.2) is 4.98 Å². The van der Waals surface area contributed by atoms with Crippen LogP contribution in [0.3, 0.4) is 0 Å². The van der Waals surface area contributed by atoms with E-state index in [9.17, 15) is 0 Å². The number of H-pyrrole nitrogens is 2. The van der Waals surface area contributed by atoms with Crippen molar-refractivity contribution in [3.05, 3.63) is 54.6 Å². The van der Waals surface area contributed by atoms with Crippen LogP contribution in [0.15, 0.2) is 49.1 Å². The van der Waals surface area contributed by atoms with Gasteiger partial charge in [-0.05, 0) is 55.6 Å². The summed E-state index contributed by atoms with van der Waals surface area (Å²) in [6.07, 6.45) is 11.2. The number of hydrogen-bond acceptors (Lipinski definition) is 6. The average Bonchev–Trinajstić information content (AvgIpc) is 3.51. The fraction of sp³-hybridized carbons (Fsp3) is 0.308. The quantitative estimate of drug-likeness (QED) is 0.347. The van der Waals surface area contributed by atoms with Gasteiger partial charge >= 0.3 is 0 Å².